The Morgan fingerprint density at radius 2 is 1.73 bits per heavy atom. The van der Waals surface area contributed by atoms with Crippen LogP contribution >= 0.6 is 11.8 Å². The highest BCUT2D eigenvalue weighted by atomic mass is 32.2. The van der Waals surface area contributed by atoms with Crippen molar-refractivity contribution in [2.75, 3.05) is 11.1 Å². The monoisotopic (exact) mass is 420 g/mol. The van der Waals surface area contributed by atoms with Gasteiger partial charge in [0.05, 0.1) is 5.75 Å². The molecule has 1 amide bonds. The van der Waals surface area contributed by atoms with Gasteiger partial charge in [0, 0.05) is 28.8 Å². The van der Waals surface area contributed by atoms with E-state index in [1.54, 1.807) is 36.4 Å². The summed E-state index contributed by atoms with van der Waals surface area (Å²) >= 11 is 1.44. The number of thioether (sulfide) groups is 1. The molecule has 30 heavy (non-hydrogen) atoms. The molecule has 0 atom stereocenters. The molecular weight excluding hydrogens is 396 g/mol. The highest BCUT2D eigenvalue weighted by Gasteiger charge is 2.30. The Balaban J connectivity index is 1.37. The number of hydrogen-bond acceptors (Lipinski definition) is 5. The normalized spacial score (nSPS) is 13.4. The van der Waals surface area contributed by atoms with E-state index in [1.165, 1.54) is 11.8 Å². The first-order valence-corrected chi connectivity index (χ1v) is 11.1. The van der Waals surface area contributed by atoms with Gasteiger partial charge in [0.1, 0.15) is 5.82 Å². The molecule has 0 unspecified atom stereocenters. The lowest BCUT2D eigenvalue weighted by molar-refractivity contribution is 0.101. The van der Waals surface area contributed by atoms with Gasteiger partial charge in [0.2, 0.25) is 0 Å². The van der Waals surface area contributed by atoms with Crippen LogP contribution in [-0.2, 0) is 0 Å². The molecule has 2 aromatic carbocycles. The van der Waals surface area contributed by atoms with E-state index < -0.39 is 0 Å². The maximum atomic E-state index is 12.6. The molecule has 4 rings (SSSR count). The molecule has 1 N–H and O–H groups in total. The van der Waals surface area contributed by atoms with Crippen LogP contribution in [0.2, 0.25) is 0 Å². The summed E-state index contributed by atoms with van der Waals surface area (Å²) in [6.45, 7) is 4.22. The second-order valence-electron chi connectivity index (χ2n) is 7.71. The molecule has 0 aliphatic heterocycles. The zero-order valence-electron chi connectivity index (χ0n) is 17.0. The molecule has 0 saturated heterocycles. The standard InChI is InChI=1S/C23H24N4O2S/c1-15(2)21-25-26-23(27(21)19-12-13-19)30-14-20(28)16-8-10-18(11-9-16)24-22(29)17-6-4-3-5-7-17/h3-11,15,19H,12-14H2,1-2H3,(H,24,29). The van der Waals surface area contributed by atoms with Crippen molar-refractivity contribution in [1.82, 2.24) is 14.8 Å². The Hall–Kier alpha value is -2.93. The molecule has 1 saturated carbocycles. The number of rotatable bonds is 8. The molecule has 6 nitrogen and oxygen atoms in total. The van der Waals surface area contributed by atoms with E-state index in [0.29, 0.717) is 34.5 Å². The van der Waals surface area contributed by atoms with E-state index in [4.69, 9.17) is 0 Å². The van der Waals surface area contributed by atoms with Crippen LogP contribution < -0.4 is 5.32 Å². The van der Waals surface area contributed by atoms with Crippen LogP contribution in [0.25, 0.3) is 0 Å². The van der Waals surface area contributed by atoms with E-state index in [9.17, 15) is 9.59 Å². The number of Topliss-reactive ketones (excluding diaryl/α,β-unsaturated/α-hetero) is 1. The van der Waals surface area contributed by atoms with E-state index in [1.807, 2.05) is 18.2 Å². The zero-order valence-corrected chi connectivity index (χ0v) is 17.9. The summed E-state index contributed by atoms with van der Waals surface area (Å²) in [5.74, 6) is 1.45. The molecule has 7 heteroatoms. The highest BCUT2D eigenvalue weighted by molar-refractivity contribution is 7.99. The topological polar surface area (TPSA) is 76.9 Å². The lowest BCUT2D eigenvalue weighted by atomic mass is 10.1. The smallest absolute Gasteiger partial charge is 0.255 e. The van der Waals surface area contributed by atoms with E-state index in [2.05, 4.69) is 33.9 Å². The van der Waals surface area contributed by atoms with Crippen LogP contribution in [0.5, 0.6) is 0 Å². The third-order valence-electron chi connectivity index (χ3n) is 4.95. The third-order valence-corrected chi connectivity index (χ3v) is 5.90. The predicted octanol–water partition coefficient (Wildman–Crippen LogP) is 4.96. The number of amides is 1. The summed E-state index contributed by atoms with van der Waals surface area (Å²) in [7, 11) is 0. The van der Waals surface area contributed by atoms with Crippen molar-refractivity contribution in [2.45, 2.75) is 43.8 Å². The number of nitrogens with one attached hydrogen (secondary N) is 1. The molecule has 0 radical (unpaired) electrons. The fourth-order valence-electron chi connectivity index (χ4n) is 3.20. The van der Waals surface area contributed by atoms with Crippen LogP contribution in [0.3, 0.4) is 0 Å². The minimum absolute atomic E-state index is 0.0254. The Morgan fingerprint density at radius 3 is 2.37 bits per heavy atom. The second-order valence-corrected chi connectivity index (χ2v) is 8.65. The summed E-state index contributed by atoms with van der Waals surface area (Å²) in [6, 6.07) is 16.5. The molecule has 1 aliphatic rings. The minimum Gasteiger partial charge on any atom is -0.322 e. The number of ketones is 1. The number of anilines is 1. The fraction of sp³-hybridized carbons (Fsp3) is 0.304. The first-order valence-electron chi connectivity index (χ1n) is 10.1. The first-order chi connectivity index (χ1) is 14.5. The average Bonchev–Trinajstić information content (AvgIpc) is 3.51. The third kappa shape index (κ3) is 4.62. The van der Waals surface area contributed by atoms with Crippen molar-refractivity contribution in [3.8, 4) is 0 Å². The van der Waals surface area contributed by atoms with Gasteiger partial charge in [-0.1, -0.05) is 43.8 Å². The molecule has 154 valence electrons. The average molecular weight is 421 g/mol. The highest BCUT2D eigenvalue weighted by Crippen LogP contribution is 2.40. The van der Waals surface area contributed by atoms with Crippen molar-refractivity contribution in [1.29, 1.82) is 0 Å². The Bertz CT molecular complexity index is 1040. The van der Waals surface area contributed by atoms with Crippen LogP contribution in [0.4, 0.5) is 5.69 Å². The van der Waals surface area contributed by atoms with Gasteiger partial charge in [0.15, 0.2) is 10.9 Å². The number of hydrogen-bond donors (Lipinski definition) is 1. The Labute approximate surface area is 180 Å². The number of nitrogens with zero attached hydrogens (tertiary/aromatic N) is 3. The number of carbonyl (C=O) groups excluding carboxylic acids is 2. The van der Waals surface area contributed by atoms with Gasteiger partial charge in [-0.3, -0.25) is 9.59 Å². The summed E-state index contributed by atoms with van der Waals surface area (Å²) in [4.78, 5) is 24.9. The minimum atomic E-state index is -0.175. The van der Waals surface area contributed by atoms with Gasteiger partial charge in [-0.05, 0) is 49.2 Å². The van der Waals surface area contributed by atoms with Gasteiger partial charge in [-0.15, -0.1) is 10.2 Å². The Kier molecular flexibility index (Phi) is 5.99. The van der Waals surface area contributed by atoms with Crippen LogP contribution in [0.15, 0.2) is 59.8 Å². The van der Waals surface area contributed by atoms with E-state index in [-0.39, 0.29) is 11.7 Å². The van der Waals surface area contributed by atoms with E-state index in [0.717, 1.165) is 23.8 Å². The second kappa shape index (κ2) is 8.83. The zero-order chi connectivity index (χ0) is 21.1. The Morgan fingerprint density at radius 1 is 1.03 bits per heavy atom. The summed E-state index contributed by atoms with van der Waals surface area (Å²) in [5.41, 5.74) is 1.86. The van der Waals surface area contributed by atoms with Crippen molar-refractivity contribution in [2.24, 2.45) is 0 Å². The lowest BCUT2D eigenvalue weighted by Crippen LogP contribution is -2.12. The predicted molar refractivity (Wildman–Crippen MR) is 118 cm³/mol. The summed E-state index contributed by atoms with van der Waals surface area (Å²) in [6.07, 6.45) is 2.30. The number of carbonyl (C=O) groups is 2. The molecular formula is C23H24N4O2S. The van der Waals surface area contributed by atoms with Crippen LogP contribution in [-0.4, -0.2) is 32.2 Å². The molecule has 1 aliphatic carbocycles. The van der Waals surface area contributed by atoms with E-state index >= 15 is 0 Å². The first kappa shape index (κ1) is 20.3. The van der Waals surface area contributed by atoms with Crippen molar-refractivity contribution in [3.05, 3.63) is 71.5 Å². The molecule has 1 fully saturated rings. The van der Waals surface area contributed by atoms with Gasteiger partial charge in [0.25, 0.3) is 5.91 Å². The molecule has 0 spiro atoms. The maximum absolute atomic E-state index is 12.6. The number of benzene rings is 2. The van der Waals surface area contributed by atoms with Gasteiger partial charge in [-0.25, -0.2) is 0 Å². The molecule has 1 heterocycles. The molecule has 3 aromatic rings. The van der Waals surface area contributed by atoms with Crippen molar-refractivity contribution in [3.63, 3.8) is 0 Å². The van der Waals surface area contributed by atoms with Crippen molar-refractivity contribution < 1.29 is 9.59 Å². The summed E-state index contributed by atoms with van der Waals surface area (Å²) < 4.78 is 2.20. The number of aromatic nitrogens is 3. The fourth-order valence-corrected chi connectivity index (χ4v) is 4.11. The van der Waals surface area contributed by atoms with Crippen molar-refractivity contribution >= 4 is 29.1 Å². The molecule has 0 bridgehead atoms. The van der Waals surface area contributed by atoms with Gasteiger partial charge >= 0.3 is 0 Å². The quantitative estimate of drug-likeness (QED) is 0.411. The lowest BCUT2D eigenvalue weighted by Gasteiger charge is -2.10. The van der Waals surface area contributed by atoms with Crippen LogP contribution in [0, 0.1) is 0 Å². The SMILES string of the molecule is CC(C)c1nnc(SCC(=O)c2ccc(NC(=O)c3ccccc3)cc2)n1C1CC1. The largest absolute Gasteiger partial charge is 0.322 e. The maximum Gasteiger partial charge on any atom is 0.255 e. The van der Waals surface area contributed by atoms with Crippen LogP contribution in [0.1, 0.15) is 65.2 Å². The molecule has 1 aromatic heterocycles. The van der Waals surface area contributed by atoms with Gasteiger partial charge < -0.3 is 9.88 Å². The summed E-state index contributed by atoms with van der Waals surface area (Å²) in [5, 5.41) is 12.3. The van der Waals surface area contributed by atoms with Gasteiger partial charge in [-0.2, -0.15) is 0 Å².